The minimum atomic E-state index is -0.673. The summed E-state index contributed by atoms with van der Waals surface area (Å²) < 4.78 is 5.83. The molecule has 2 aromatic carbocycles. The number of carbonyl (C=O) groups is 2. The maximum atomic E-state index is 12.5. The number of halogens is 1. The van der Waals surface area contributed by atoms with E-state index in [4.69, 9.17) is 16.3 Å². The zero-order valence-corrected chi connectivity index (χ0v) is 12.7. The van der Waals surface area contributed by atoms with E-state index in [-0.39, 0.29) is 17.6 Å². The van der Waals surface area contributed by atoms with Gasteiger partial charge in [0.05, 0.1) is 11.6 Å². The smallest absolute Gasteiger partial charge is 0.272 e. The molecule has 0 radical (unpaired) electrons. The number of fused-ring (bicyclic) bond motifs is 1. The van der Waals surface area contributed by atoms with E-state index in [1.165, 1.54) is 4.90 Å². The van der Waals surface area contributed by atoms with Crippen LogP contribution in [0.4, 0.5) is 5.69 Å². The Bertz CT molecular complexity index is 730. The van der Waals surface area contributed by atoms with E-state index in [2.05, 4.69) is 0 Å². The van der Waals surface area contributed by atoms with E-state index in [0.29, 0.717) is 17.0 Å². The Kier molecular flexibility index (Phi) is 3.86. The van der Waals surface area contributed by atoms with Crippen molar-refractivity contribution in [3.05, 3.63) is 59.7 Å². The number of alkyl halides is 1. The number of hydrogen-bond donors (Lipinski definition) is 0. The molecule has 4 nitrogen and oxygen atoms in total. The number of ether oxygens (including phenoxy) is 1. The maximum absolute atomic E-state index is 12.5. The fraction of sp³-hybridized carbons (Fsp3) is 0.176. The zero-order chi connectivity index (χ0) is 15.7. The van der Waals surface area contributed by atoms with Crippen LogP contribution in [0, 0.1) is 0 Å². The van der Waals surface area contributed by atoms with Crippen molar-refractivity contribution in [1.29, 1.82) is 0 Å². The van der Waals surface area contributed by atoms with E-state index >= 15 is 0 Å². The number of likely N-dealkylation sites (N-methyl/N-ethyl adjacent to an activating group) is 1. The van der Waals surface area contributed by atoms with Crippen LogP contribution in [-0.2, 0) is 4.79 Å². The molecule has 0 fully saturated rings. The molecule has 22 heavy (non-hydrogen) atoms. The molecule has 112 valence electrons. The summed E-state index contributed by atoms with van der Waals surface area (Å²) in [5.41, 5.74) is 1.84. The predicted molar refractivity (Wildman–Crippen MR) is 84.7 cm³/mol. The number of ketones is 1. The van der Waals surface area contributed by atoms with Crippen LogP contribution in [-0.4, -0.2) is 24.6 Å². The number of Topliss-reactive ketones (excluding diaryl/α,β-unsaturated/α-hetero) is 1. The van der Waals surface area contributed by atoms with Crippen molar-refractivity contribution >= 4 is 29.0 Å². The third-order valence-corrected chi connectivity index (χ3v) is 3.91. The molecule has 1 heterocycles. The topological polar surface area (TPSA) is 46.6 Å². The Hall–Kier alpha value is -2.33. The molecule has 0 bridgehead atoms. The van der Waals surface area contributed by atoms with E-state index < -0.39 is 6.10 Å². The van der Waals surface area contributed by atoms with Crippen molar-refractivity contribution in [3.8, 4) is 5.75 Å². The molecule has 1 aliphatic rings. The van der Waals surface area contributed by atoms with Crippen molar-refractivity contribution in [1.82, 2.24) is 0 Å². The molecule has 0 saturated heterocycles. The number of anilines is 1. The minimum Gasteiger partial charge on any atom is -0.474 e. The fourth-order valence-corrected chi connectivity index (χ4v) is 2.59. The molecule has 3 rings (SSSR count). The van der Waals surface area contributed by atoms with Crippen LogP contribution in [0.5, 0.6) is 5.75 Å². The van der Waals surface area contributed by atoms with E-state index in [1.54, 1.807) is 25.2 Å². The molecule has 1 atom stereocenters. The number of benzene rings is 2. The molecule has 0 aliphatic carbocycles. The summed E-state index contributed by atoms with van der Waals surface area (Å²) >= 11 is 5.58. The van der Waals surface area contributed by atoms with Gasteiger partial charge in [0, 0.05) is 18.2 Å². The minimum absolute atomic E-state index is 0.0933. The highest BCUT2D eigenvalue weighted by Gasteiger charge is 2.33. The second kappa shape index (κ2) is 5.81. The number of rotatable bonds is 3. The molecule has 1 aliphatic heterocycles. The highest BCUT2D eigenvalue weighted by atomic mass is 35.5. The molecule has 2 aromatic rings. The summed E-state index contributed by atoms with van der Waals surface area (Å²) in [6.07, 6.45) is -0.673. The average Bonchev–Trinajstić information content (AvgIpc) is 2.57. The van der Waals surface area contributed by atoms with Crippen molar-refractivity contribution in [2.24, 2.45) is 0 Å². The summed E-state index contributed by atoms with van der Waals surface area (Å²) in [6.45, 7) is 0. The summed E-state index contributed by atoms with van der Waals surface area (Å²) in [4.78, 5) is 25.7. The van der Waals surface area contributed by atoms with Gasteiger partial charge in [-0.1, -0.05) is 30.3 Å². The van der Waals surface area contributed by atoms with Gasteiger partial charge in [0.1, 0.15) is 5.75 Å². The highest BCUT2D eigenvalue weighted by molar-refractivity contribution is 6.30. The molecular formula is C17H14ClNO3. The molecule has 0 spiro atoms. The SMILES string of the molecule is CN1C(=O)C(c2ccccc2)Oc2ccc(C(=O)CCl)cc21. The van der Waals surface area contributed by atoms with Crippen LogP contribution in [0.15, 0.2) is 48.5 Å². The third kappa shape index (κ3) is 2.46. The van der Waals surface area contributed by atoms with Crippen LogP contribution in [0.25, 0.3) is 0 Å². The van der Waals surface area contributed by atoms with Crippen molar-refractivity contribution < 1.29 is 14.3 Å². The zero-order valence-electron chi connectivity index (χ0n) is 12.0. The molecule has 0 aromatic heterocycles. The van der Waals surface area contributed by atoms with Crippen LogP contribution in [0.2, 0.25) is 0 Å². The molecule has 0 saturated carbocycles. The number of amides is 1. The first-order valence-corrected chi connectivity index (χ1v) is 7.37. The molecule has 0 N–H and O–H groups in total. The number of carbonyl (C=O) groups excluding carboxylic acids is 2. The molecule has 1 unspecified atom stereocenters. The first-order valence-electron chi connectivity index (χ1n) is 6.84. The standard InChI is InChI=1S/C17H14ClNO3/c1-19-13-9-12(14(20)10-18)7-8-15(13)22-16(17(19)21)11-5-3-2-4-6-11/h2-9,16H,10H2,1H3. The lowest BCUT2D eigenvalue weighted by molar-refractivity contribution is -0.126. The van der Waals surface area contributed by atoms with Gasteiger partial charge in [0.15, 0.2) is 5.78 Å². The number of hydrogen-bond acceptors (Lipinski definition) is 3. The van der Waals surface area contributed by atoms with Crippen LogP contribution < -0.4 is 9.64 Å². The Morgan fingerprint density at radius 3 is 2.64 bits per heavy atom. The Labute approximate surface area is 133 Å². The van der Waals surface area contributed by atoms with Crippen LogP contribution in [0.3, 0.4) is 0 Å². The van der Waals surface area contributed by atoms with Crippen LogP contribution in [0.1, 0.15) is 22.0 Å². The summed E-state index contributed by atoms with van der Waals surface area (Å²) in [6, 6.07) is 14.3. The normalized spacial score (nSPS) is 16.9. The quantitative estimate of drug-likeness (QED) is 0.645. The van der Waals surface area contributed by atoms with Gasteiger partial charge in [-0.25, -0.2) is 0 Å². The fourth-order valence-electron chi connectivity index (χ4n) is 2.44. The van der Waals surface area contributed by atoms with Crippen molar-refractivity contribution in [3.63, 3.8) is 0 Å². The third-order valence-electron chi connectivity index (χ3n) is 3.67. The summed E-state index contributed by atoms with van der Waals surface area (Å²) in [5.74, 6) is 0.121. The second-order valence-corrected chi connectivity index (χ2v) is 5.31. The Morgan fingerprint density at radius 1 is 1.23 bits per heavy atom. The lowest BCUT2D eigenvalue weighted by Gasteiger charge is -2.32. The lowest BCUT2D eigenvalue weighted by Crippen LogP contribution is -2.38. The summed E-state index contributed by atoms with van der Waals surface area (Å²) in [5, 5.41) is 0. The van der Waals surface area contributed by atoms with E-state index in [0.717, 1.165) is 5.56 Å². The highest BCUT2D eigenvalue weighted by Crippen LogP contribution is 2.38. The predicted octanol–water partition coefficient (Wildman–Crippen LogP) is 3.20. The average molecular weight is 316 g/mol. The van der Waals surface area contributed by atoms with Gasteiger partial charge in [0.2, 0.25) is 6.10 Å². The van der Waals surface area contributed by atoms with Crippen LogP contribution >= 0.6 is 11.6 Å². The maximum Gasteiger partial charge on any atom is 0.272 e. The van der Waals surface area contributed by atoms with E-state index in [9.17, 15) is 9.59 Å². The first kappa shape index (κ1) is 14.6. The van der Waals surface area contributed by atoms with E-state index in [1.807, 2.05) is 30.3 Å². The van der Waals surface area contributed by atoms with Gasteiger partial charge in [-0.3, -0.25) is 9.59 Å². The van der Waals surface area contributed by atoms with Gasteiger partial charge < -0.3 is 9.64 Å². The van der Waals surface area contributed by atoms with Gasteiger partial charge in [0.25, 0.3) is 5.91 Å². The first-order chi connectivity index (χ1) is 10.6. The van der Waals surface area contributed by atoms with Crippen molar-refractivity contribution in [2.75, 3.05) is 17.8 Å². The van der Waals surface area contributed by atoms with Gasteiger partial charge in [-0.15, -0.1) is 11.6 Å². The van der Waals surface area contributed by atoms with Gasteiger partial charge >= 0.3 is 0 Å². The Balaban J connectivity index is 2.00. The summed E-state index contributed by atoms with van der Waals surface area (Å²) in [7, 11) is 1.68. The van der Waals surface area contributed by atoms with Gasteiger partial charge in [-0.2, -0.15) is 0 Å². The molecule has 1 amide bonds. The molecule has 5 heteroatoms. The second-order valence-electron chi connectivity index (χ2n) is 5.05. The number of nitrogens with zero attached hydrogens (tertiary/aromatic N) is 1. The lowest BCUT2D eigenvalue weighted by atomic mass is 10.0. The molecular weight excluding hydrogens is 302 g/mol. The van der Waals surface area contributed by atoms with Crippen molar-refractivity contribution in [2.45, 2.75) is 6.10 Å². The monoisotopic (exact) mass is 315 g/mol. The Morgan fingerprint density at radius 2 is 1.95 bits per heavy atom. The van der Waals surface area contributed by atoms with Gasteiger partial charge in [-0.05, 0) is 18.2 Å². The largest absolute Gasteiger partial charge is 0.474 e.